The van der Waals surface area contributed by atoms with Crippen LogP contribution in [-0.4, -0.2) is 22.7 Å². The number of hydrazone groups is 1. The van der Waals surface area contributed by atoms with Crippen LogP contribution in [0.1, 0.15) is 32.9 Å². The molecule has 36 heavy (non-hydrogen) atoms. The van der Waals surface area contributed by atoms with Gasteiger partial charge in [0.1, 0.15) is 5.75 Å². The molecule has 4 rings (SSSR count). The number of rotatable bonds is 7. The van der Waals surface area contributed by atoms with Crippen LogP contribution in [0.3, 0.4) is 0 Å². The molecule has 0 unspecified atom stereocenters. The van der Waals surface area contributed by atoms with E-state index in [0.717, 1.165) is 27.1 Å². The lowest BCUT2D eigenvalue weighted by atomic mass is 10.2. The molecule has 0 atom stereocenters. The topological polar surface area (TPSA) is 72.7 Å². The van der Waals surface area contributed by atoms with E-state index in [1.54, 1.807) is 36.4 Å². The van der Waals surface area contributed by atoms with Gasteiger partial charge in [-0.25, -0.2) is 10.2 Å². The first-order valence-electron chi connectivity index (χ1n) is 11.2. The second-order valence-corrected chi connectivity index (χ2v) is 8.96. The van der Waals surface area contributed by atoms with Crippen LogP contribution in [0.15, 0.2) is 101 Å². The van der Waals surface area contributed by atoms with Crippen LogP contribution in [0.5, 0.6) is 5.75 Å². The van der Waals surface area contributed by atoms with Gasteiger partial charge in [-0.05, 0) is 80.1 Å². The maximum atomic E-state index is 12.6. The van der Waals surface area contributed by atoms with Crippen molar-refractivity contribution < 1.29 is 14.3 Å². The van der Waals surface area contributed by atoms with Gasteiger partial charge >= 0.3 is 5.97 Å². The number of nitrogens with one attached hydrogen (secondary N) is 1. The van der Waals surface area contributed by atoms with Crippen LogP contribution in [0.2, 0.25) is 0 Å². The fourth-order valence-corrected chi connectivity index (χ4v) is 4.03. The Morgan fingerprint density at radius 3 is 2.31 bits per heavy atom. The smallest absolute Gasteiger partial charge is 0.336 e. The van der Waals surface area contributed by atoms with Gasteiger partial charge in [0.25, 0.3) is 5.91 Å². The summed E-state index contributed by atoms with van der Waals surface area (Å²) < 4.78 is 8.37. The summed E-state index contributed by atoms with van der Waals surface area (Å²) in [6, 6.07) is 26.0. The Hall–Kier alpha value is -4.23. The molecule has 1 aromatic heterocycles. The molecule has 1 N–H and O–H groups in total. The largest absolute Gasteiger partial charge is 0.423 e. The van der Waals surface area contributed by atoms with Gasteiger partial charge in [0.2, 0.25) is 0 Å². The average molecular weight is 542 g/mol. The number of aromatic nitrogens is 1. The van der Waals surface area contributed by atoms with E-state index >= 15 is 0 Å². The van der Waals surface area contributed by atoms with Crippen LogP contribution in [0, 0.1) is 13.8 Å². The Morgan fingerprint density at radius 2 is 1.61 bits per heavy atom. The lowest BCUT2D eigenvalue weighted by Gasteiger charge is -2.10. The van der Waals surface area contributed by atoms with Crippen molar-refractivity contribution in [3.8, 4) is 11.4 Å². The van der Waals surface area contributed by atoms with Crippen molar-refractivity contribution in [2.75, 3.05) is 0 Å². The lowest BCUT2D eigenvalue weighted by molar-refractivity contribution is -0.128. The number of hydrogen-bond acceptors (Lipinski definition) is 4. The van der Waals surface area contributed by atoms with E-state index in [4.69, 9.17) is 4.74 Å². The normalized spacial score (nSPS) is 11.2. The highest BCUT2D eigenvalue weighted by Gasteiger charge is 2.09. The highest BCUT2D eigenvalue weighted by Crippen LogP contribution is 2.22. The summed E-state index contributed by atoms with van der Waals surface area (Å²) in [4.78, 5) is 24.9. The van der Waals surface area contributed by atoms with E-state index in [9.17, 15) is 9.59 Å². The zero-order valence-corrected chi connectivity index (χ0v) is 21.4. The maximum Gasteiger partial charge on any atom is 0.336 e. The zero-order chi connectivity index (χ0) is 25.5. The highest BCUT2D eigenvalue weighted by molar-refractivity contribution is 9.10. The second kappa shape index (κ2) is 11.5. The number of nitrogens with zero attached hydrogens (tertiary/aromatic N) is 2. The fraction of sp³-hybridized carbons (Fsp3) is 0.0690. The van der Waals surface area contributed by atoms with E-state index in [1.165, 1.54) is 12.3 Å². The summed E-state index contributed by atoms with van der Waals surface area (Å²) in [7, 11) is 0. The molecule has 0 bridgehead atoms. The first-order valence-corrected chi connectivity index (χ1v) is 12.0. The van der Waals surface area contributed by atoms with Crippen molar-refractivity contribution in [2.45, 2.75) is 13.8 Å². The Balaban J connectivity index is 1.41. The van der Waals surface area contributed by atoms with Crippen molar-refractivity contribution >= 4 is 40.1 Å². The number of carbonyl (C=O) groups excluding carboxylic acids is 2. The lowest BCUT2D eigenvalue weighted by Crippen LogP contribution is -2.17. The number of esters is 1. The summed E-state index contributed by atoms with van der Waals surface area (Å²) in [6.45, 7) is 4.07. The molecular weight excluding hydrogens is 518 g/mol. The van der Waals surface area contributed by atoms with E-state index < -0.39 is 5.97 Å². The number of halogens is 1. The Bertz CT molecular complexity index is 1420. The van der Waals surface area contributed by atoms with E-state index in [2.05, 4.69) is 43.2 Å². The van der Waals surface area contributed by atoms with Crippen molar-refractivity contribution in [3.05, 3.63) is 124 Å². The summed E-state index contributed by atoms with van der Waals surface area (Å²) >= 11 is 3.41. The number of hydrogen-bond donors (Lipinski definition) is 1. The molecule has 6 nitrogen and oxygen atoms in total. The minimum Gasteiger partial charge on any atom is -0.423 e. The predicted molar refractivity (Wildman–Crippen MR) is 146 cm³/mol. The van der Waals surface area contributed by atoms with Crippen molar-refractivity contribution in [2.24, 2.45) is 5.10 Å². The molecular formula is C29H24BrN3O3. The standard InChI is InChI=1S/C29H24BrN3O3/c1-20-8-9-21(2)33(20)26-14-11-23(12-15-26)29(35)32-31-19-24-18-25(30)13-16-27(24)36-28(34)17-10-22-6-4-3-5-7-22/h3-19H,1-2H3,(H,32,35)/b17-10+,31-19-. The summed E-state index contributed by atoms with van der Waals surface area (Å²) in [6.07, 6.45) is 4.48. The molecule has 7 heteroatoms. The number of carbonyl (C=O) groups is 2. The van der Waals surface area contributed by atoms with Gasteiger partial charge < -0.3 is 9.30 Å². The van der Waals surface area contributed by atoms with Crippen LogP contribution in [-0.2, 0) is 4.79 Å². The van der Waals surface area contributed by atoms with Gasteiger partial charge in [-0.2, -0.15) is 5.10 Å². The fourth-order valence-electron chi connectivity index (χ4n) is 3.65. The van der Waals surface area contributed by atoms with Gasteiger partial charge in [0.15, 0.2) is 0 Å². The van der Waals surface area contributed by atoms with E-state index in [0.29, 0.717) is 16.9 Å². The van der Waals surface area contributed by atoms with Crippen molar-refractivity contribution in [1.29, 1.82) is 0 Å². The third-order valence-corrected chi connectivity index (χ3v) is 5.92. The molecule has 0 aliphatic carbocycles. The molecule has 3 aromatic carbocycles. The molecule has 0 spiro atoms. The summed E-state index contributed by atoms with van der Waals surface area (Å²) in [5.74, 6) is -0.549. The van der Waals surface area contributed by atoms with E-state index in [1.807, 2.05) is 56.3 Å². The number of ether oxygens (including phenoxy) is 1. The SMILES string of the molecule is Cc1ccc(C)n1-c1ccc(C(=O)N/N=C\c2cc(Br)ccc2OC(=O)/C=C/c2ccccc2)cc1. The van der Waals surface area contributed by atoms with Crippen LogP contribution >= 0.6 is 15.9 Å². The number of benzene rings is 3. The van der Waals surface area contributed by atoms with Gasteiger partial charge in [-0.3, -0.25) is 4.79 Å². The average Bonchev–Trinajstić information content (AvgIpc) is 3.22. The van der Waals surface area contributed by atoms with Gasteiger partial charge in [-0.15, -0.1) is 0 Å². The van der Waals surface area contributed by atoms with Crippen molar-refractivity contribution in [1.82, 2.24) is 9.99 Å². The highest BCUT2D eigenvalue weighted by atomic mass is 79.9. The molecule has 1 heterocycles. The molecule has 0 aliphatic heterocycles. The first kappa shape index (κ1) is 24.9. The zero-order valence-electron chi connectivity index (χ0n) is 19.8. The van der Waals surface area contributed by atoms with Crippen molar-refractivity contribution in [3.63, 3.8) is 0 Å². The van der Waals surface area contributed by atoms with E-state index in [-0.39, 0.29) is 5.91 Å². The predicted octanol–water partition coefficient (Wildman–Crippen LogP) is 6.24. The molecule has 180 valence electrons. The Labute approximate surface area is 218 Å². The third-order valence-electron chi connectivity index (χ3n) is 5.42. The molecule has 0 saturated heterocycles. The Morgan fingerprint density at radius 1 is 0.917 bits per heavy atom. The van der Waals surface area contributed by atoms with Crippen LogP contribution in [0.25, 0.3) is 11.8 Å². The molecule has 1 amide bonds. The second-order valence-electron chi connectivity index (χ2n) is 8.04. The van der Waals surface area contributed by atoms with Crippen LogP contribution in [0.4, 0.5) is 0 Å². The quantitative estimate of drug-likeness (QED) is 0.0989. The van der Waals surface area contributed by atoms with Gasteiger partial charge in [0.05, 0.1) is 6.21 Å². The molecule has 0 aliphatic rings. The summed E-state index contributed by atoms with van der Waals surface area (Å²) in [5, 5.41) is 4.06. The first-order chi connectivity index (χ1) is 17.4. The summed E-state index contributed by atoms with van der Waals surface area (Å²) in [5.41, 5.74) is 7.64. The Kier molecular flexibility index (Phi) is 7.92. The molecule has 0 fully saturated rings. The monoisotopic (exact) mass is 541 g/mol. The minimum atomic E-state index is -0.520. The molecule has 0 radical (unpaired) electrons. The number of aryl methyl sites for hydroxylation is 2. The maximum absolute atomic E-state index is 12.6. The van der Waals surface area contributed by atoms with Gasteiger partial charge in [-0.1, -0.05) is 46.3 Å². The number of amides is 1. The molecule has 4 aromatic rings. The van der Waals surface area contributed by atoms with Crippen LogP contribution < -0.4 is 10.2 Å². The molecule has 0 saturated carbocycles. The third kappa shape index (κ3) is 6.25. The minimum absolute atomic E-state index is 0.320. The van der Waals surface area contributed by atoms with Gasteiger partial charge in [0, 0.05) is 38.8 Å².